The molecule has 0 bridgehead atoms. The van der Waals surface area contributed by atoms with Crippen molar-refractivity contribution >= 4 is 30.5 Å². The van der Waals surface area contributed by atoms with E-state index in [1.54, 1.807) is 0 Å². The molecule has 0 aromatic carbocycles. The van der Waals surface area contributed by atoms with Crippen molar-refractivity contribution in [2.24, 2.45) is 0 Å². The van der Waals surface area contributed by atoms with Crippen molar-refractivity contribution in [1.82, 2.24) is 0 Å². The van der Waals surface area contributed by atoms with E-state index in [1.807, 2.05) is 0 Å². The molecule has 0 amide bonds. The fourth-order valence-corrected chi connectivity index (χ4v) is 5.65. The third kappa shape index (κ3) is 5.33. The minimum atomic E-state index is 0.0538. The van der Waals surface area contributed by atoms with Gasteiger partial charge in [0.15, 0.2) is 0 Å². The summed E-state index contributed by atoms with van der Waals surface area (Å²) in [7, 11) is 7.15. The standard InChI is InChI=1S/C2H6P4/c1-4-5-6(2)3/h1-2H3. The van der Waals surface area contributed by atoms with Crippen LogP contribution < -0.4 is 0 Å². The van der Waals surface area contributed by atoms with Gasteiger partial charge in [-0.15, -0.1) is 0 Å². The van der Waals surface area contributed by atoms with E-state index in [4.69, 9.17) is 0 Å². The van der Waals surface area contributed by atoms with Crippen molar-refractivity contribution in [3.63, 3.8) is 0 Å². The van der Waals surface area contributed by atoms with E-state index in [-0.39, 0.29) is 6.71 Å². The summed E-state index contributed by atoms with van der Waals surface area (Å²) >= 11 is 0. The van der Waals surface area contributed by atoms with E-state index < -0.39 is 0 Å². The first kappa shape index (κ1) is 7.33. The SMILES string of the molecule is CP=PP(C)#P. The molecule has 0 heterocycles. The summed E-state index contributed by atoms with van der Waals surface area (Å²) in [6, 6.07) is 0. The molecule has 0 aliphatic rings. The van der Waals surface area contributed by atoms with Crippen LogP contribution in [0.4, 0.5) is 0 Å². The summed E-state index contributed by atoms with van der Waals surface area (Å²) in [4.78, 5) is 0. The van der Waals surface area contributed by atoms with Gasteiger partial charge in [0.2, 0.25) is 0 Å². The third-order valence-corrected chi connectivity index (χ3v) is 8.07. The zero-order chi connectivity index (χ0) is 4.99. The van der Waals surface area contributed by atoms with Gasteiger partial charge in [-0.3, -0.25) is 0 Å². The van der Waals surface area contributed by atoms with Gasteiger partial charge in [-0.05, 0) is 0 Å². The molecule has 0 aliphatic heterocycles. The Balaban J connectivity index is 3.41. The van der Waals surface area contributed by atoms with Crippen LogP contribution in [0.5, 0.6) is 0 Å². The molecule has 0 nitrogen and oxygen atoms in total. The van der Waals surface area contributed by atoms with Gasteiger partial charge in [-0.25, -0.2) is 0 Å². The predicted molar refractivity (Wildman–Crippen MR) is 39.5 cm³/mol. The first-order chi connectivity index (χ1) is 2.77. The van der Waals surface area contributed by atoms with Crippen LogP contribution in [0.3, 0.4) is 0 Å². The first-order valence-corrected chi connectivity index (χ1v) is 8.08. The molecule has 4 heteroatoms. The van der Waals surface area contributed by atoms with Crippen LogP contribution in [0.1, 0.15) is 0 Å². The average molecular weight is 154 g/mol. The molecular formula is C2H6P4. The molecule has 0 aliphatic carbocycles. The minimum absolute atomic E-state index is 0.0538. The van der Waals surface area contributed by atoms with Gasteiger partial charge in [0.05, 0.1) is 0 Å². The summed E-state index contributed by atoms with van der Waals surface area (Å²) in [6.07, 6.45) is 0. The van der Waals surface area contributed by atoms with Crippen LogP contribution in [0.15, 0.2) is 0 Å². The zero-order valence-electron chi connectivity index (χ0n) is 3.79. The Hall–Kier alpha value is 1.33. The van der Waals surface area contributed by atoms with Crippen LogP contribution in [0.2, 0.25) is 0 Å². The van der Waals surface area contributed by atoms with E-state index in [2.05, 4.69) is 21.7 Å². The molecule has 0 aromatic rings. The van der Waals surface area contributed by atoms with Gasteiger partial charge in [0.25, 0.3) is 0 Å². The molecule has 1 unspecified atom stereocenters. The van der Waals surface area contributed by atoms with Gasteiger partial charge >= 0.3 is 43.8 Å². The summed E-state index contributed by atoms with van der Waals surface area (Å²) in [5.74, 6) is 0. The Kier molecular flexibility index (Phi) is 5.48. The van der Waals surface area contributed by atoms with Crippen LogP contribution in [-0.4, -0.2) is 13.3 Å². The average Bonchev–Trinajstić information content (AvgIpc) is 1.35. The van der Waals surface area contributed by atoms with Crippen molar-refractivity contribution < 1.29 is 0 Å². The summed E-state index contributed by atoms with van der Waals surface area (Å²) in [5, 5.41) is 0. The van der Waals surface area contributed by atoms with Gasteiger partial charge in [0.1, 0.15) is 0 Å². The second-order valence-corrected chi connectivity index (χ2v) is 10.2. The Morgan fingerprint density at radius 1 is 1.67 bits per heavy atom. The molecule has 0 saturated carbocycles. The third-order valence-electron chi connectivity index (χ3n) is 0.219. The Bertz CT molecular complexity index is 104. The molecule has 0 saturated heterocycles. The van der Waals surface area contributed by atoms with Crippen LogP contribution in [0, 0.1) is 0 Å². The Morgan fingerprint density at radius 2 is 2.17 bits per heavy atom. The summed E-state index contributed by atoms with van der Waals surface area (Å²) in [6.45, 7) is 4.37. The number of rotatable bonds is 0. The van der Waals surface area contributed by atoms with E-state index >= 15 is 0 Å². The van der Waals surface area contributed by atoms with Crippen LogP contribution in [0.25, 0.3) is 0 Å². The monoisotopic (exact) mass is 154 g/mol. The molecule has 0 rings (SSSR count). The topological polar surface area (TPSA) is 0 Å². The quantitative estimate of drug-likeness (QED) is 0.465. The fraction of sp³-hybridized carbons (Fsp3) is 1.00. The molecular weight excluding hydrogens is 148 g/mol. The van der Waals surface area contributed by atoms with Crippen LogP contribution >= 0.6 is 30.5 Å². The first-order valence-electron chi connectivity index (χ1n) is 1.49. The van der Waals surface area contributed by atoms with E-state index in [9.17, 15) is 0 Å². The molecule has 0 fully saturated rings. The molecule has 1 atom stereocenters. The molecule has 34 valence electrons. The number of hydrogen-bond acceptors (Lipinski definition) is 0. The van der Waals surface area contributed by atoms with Crippen molar-refractivity contribution in [3.05, 3.63) is 0 Å². The molecule has 0 N–H and O–H groups in total. The maximum atomic E-state index is 4.22. The Morgan fingerprint density at radius 3 is 2.17 bits per heavy atom. The fourth-order valence-electron chi connectivity index (χ4n) is 0.129. The van der Waals surface area contributed by atoms with Gasteiger partial charge in [-0.2, -0.15) is 0 Å². The van der Waals surface area contributed by atoms with Crippen molar-refractivity contribution in [1.29, 1.82) is 0 Å². The van der Waals surface area contributed by atoms with Gasteiger partial charge in [-0.1, -0.05) is 0 Å². The van der Waals surface area contributed by atoms with Crippen molar-refractivity contribution in [3.8, 4) is 0 Å². The van der Waals surface area contributed by atoms with E-state index in [0.717, 1.165) is 0 Å². The molecule has 0 radical (unpaired) electrons. The van der Waals surface area contributed by atoms with E-state index in [0.29, 0.717) is 0 Å². The summed E-state index contributed by atoms with van der Waals surface area (Å²) in [5.41, 5.74) is 0. The normalized spacial score (nSPS) is 12.5. The summed E-state index contributed by atoms with van der Waals surface area (Å²) < 4.78 is 0. The zero-order valence-corrected chi connectivity index (χ0v) is 7.37. The Labute approximate surface area is 44.5 Å². The van der Waals surface area contributed by atoms with Crippen molar-refractivity contribution in [2.75, 3.05) is 13.3 Å². The van der Waals surface area contributed by atoms with E-state index in [1.165, 1.54) is 15.4 Å². The maximum absolute atomic E-state index is 4.22. The number of hydrogen-bond donors (Lipinski definition) is 0. The van der Waals surface area contributed by atoms with Gasteiger partial charge < -0.3 is 0 Å². The molecule has 0 spiro atoms. The predicted octanol–water partition coefficient (Wildman–Crippen LogP) is 3.78. The molecule has 6 heavy (non-hydrogen) atoms. The van der Waals surface area contributed by atoms with Crippen LogP contribution in [-0.2, 0) is 0 Å². The van der Waals surface area contributed by atoms with Gasteiger partial charge in [0, 0.05) is 0 Å². The molecule has 0 aromatic heterocycles. The second kappa shape index (κ2) is 4.49. The van der Waals surface area contributed by atoms with Crippen molar-refractivity contribution in [2.45, 2.75) is 0 Å². The second-order valence-electron chi connectivity index (χ2n) is 0.779.